The highest BCUT2D eigenvalue weighted by Crippen LogP contribution is 2.29. The van der Waals surface area contributed by atoms with Crippen LogP contribution in [0.5, 0.6) is 0 Å². The minimum Gasteiger partial charge on any atom is -0.658 e. The van der Waals surface area contributed by atoms with Crippen LogP contribution >= 0.6 is 0 Å². The Morgan fingerprint density at radius 3 is 2.39 bits per heavy atom. The molecular formula is C21H18F5N4O-. The molecule has 2 heterocycles. The molecule has 0 amide bonds. The largest absolute Gasteiger partial charge is 0.658 e. The van der Waals surface area contributed by atoms with Gasteiger partial charge in [0.2, 0.25) is 0 Å². The maximum atomic E-state index is 14.9. The summed E-state index contributed by atoms with van der Waals surface area (Å²) in [4.78, 5) is 20.1. The van der Waals surface area contributed by atoms with E-state index in [9.17, 15) is 26.7 Å². The van der Waals surface area contributed by atoms with Crippen LogP contribution in [0.2, 0.25) is 0 Å². The molecular weight excluding hydrogens is 419 g/mol. The van der Waals surface area contributed by atoms with Crippen LogP contribution in [0, 0.1) is 17.6 Å². The van der Waals surface area contributed by atoms with E-state index < -0.39 is 34.6 Å². The minimum atomic E-state index is -4.55. The van der Waals surface area contributed by atoms with Gasteiger partial charge in [-0.05, 0) is 23.8 Å². The zero-order valence-corrected chi connectivity index (χ0v) is 16.6. The maximum Gasteiger partial charge on any atom is 0.417 e. The average Bonchev–Trinajstić information content (AvgIpc) is 2.70. The van der Waals surface area contributed by atoms with Gasteiger partial charge in [0.25, 0.3) is 5.56 Å². The third-order valence-electron chi connectivity index (χ3n) is 4.33. The first-order chi connectivity index (χ1) is 14.6. The molecule has 1 aromatic carbocycles. The summed E-state index contributed by atoms with van der Waals surface area (Å²) in [5.41, 5.74) is -2.26. The summed E-state index contributed by atoms with van der Waals surface area (Å²) in [7, 11) is 0. The van der Waals surface area contributed by atoms with Gasteiger partial charge in [0, 0.05) is 12.3 Å². The van der Waals surface area contributed by atoms with E-state index in [4.69, 9.17) is 0 Å². The second kappa shape index (κ2) is 8.93. The normalized spacial score (nSPS) is 11.9. The second-order valence-electron chi connectivity index (χ2n) is 7.24. The zero-order valence-electron chi connectivity index (χ0n) is 16.6. The molecule has 0 aliphatic carbocycles. The second-order valence-corrected chi connectivity index (χ2v) is 7.24. The molecule has 0 saturated heterocycles. The van der Waals surface area contributed by atoms with Gasteiger partial charge < -0.3 is 5.32 Å². The molecule has 0 bridgehead atoms. The van der Waals surface area contributed by atoms with Gasteiger partial charge in [0.1, 0.15) is 17.8 Å². The summed E-state index contributed by atoms with van der Waals surface area (Å²) in [6.07, 6.45) is -3.02. The third-order valence-corrected chi connectivity index (χ3v) is 4.33. The lowest BCUT2D eigenvalue weighted by atomic mass is 10.1. The van der Waals surface area contributed by atoms with Crippen molar-refractivity contribution >= 4 is 0 Å². The van der Waals surface area contributed by atoms with Gasteiger partial charge in [-0.15, -0.1) is 13.1 Å². The summed E-state index contributed by atoms with van der Waals surface area (Å²) in [6.45, 7) is 4.43. The number of rotatable bonds is 6. The summed E-state index contributed by atoms with van der Waals surface area (Å²) >= 11 is 0. The number of hydrogen-bond acceptors (Lipinski definition) is 3. The van der Waals surface area contributed by atoms with Crippen LogP contribution in [0.15, 0.2) is 47.7 Å². The first-order valence-electron chi connectivity index (χ1n) is 9.30. The van der Waals surface area contributed by atoms with Crippen molar-refractivity contribution in [3.63, 3.8) is 0 Å². The molecule has 0 radical (unpaired) electrons. The van der Waals surface area contributed by atoms with Gasteiger partial charge in [-0.3, -0.25) is 14.3 Å². The van der Waals surface area contributed by atoms with Crippen LogP contribution in [-0.2, 0) is 12.7 Å². The molecule has 10 heteroatoms. The highest BCUT2D eigenvalue weighted by molar-refractivity contribution is 5.54. The van der Waals surface area contributed by atoms with Crippen molar-refractivity contribution in [1.82, 2.24) is 14.5 Å². The topological polar surface area (TPSA) is 61.9 Å². The van der Waals surface area contributed by atoms with E-state index >= 15 is 0 Å². The third kappa shape index (κ3) is 5.13. The molecule has 0 aliphatic heterocycles. The van der Waals surface area contributed by atoms with E-state index in [0.717, 1.165) is 30.6 Å². The molecule has 0 fully saturated rings. The highest BCUT2D eigenvalue weighted by atomic mass is 19.4. The number of pyridine rings is 1. The smallest absolute Gasteiger partial charge is 0.417 e. The quantitative estimate of drug-likeness (QED) is 0.503. The molecule has 0 unspecified atom stereocenters. The van der Waals surface area contributed by atoms with Crippen LogP contribution in [0.3, 0.4) is 0 Å². The molecule has 5 nitrogen and oxygen atoms in total. The Balaban J connectivity index is 1.94. The van der Waals surface area contributed by atoms with E-state index in [-0.39, 0.29) is 29.4 Å². The Morgan fingerprint density at radius 1 is 1.06 bits per heavy atom. The molecule has 0 atom stereocenters. The Bertz CT molecular complexity index is 1120. The summed E-state index contributed by atoms with van der Waals surface area (Å²) < 4.78 is 67.9. The predicted octanol–water partition coefficient (Wildman–Crippen LogP) is 5.12. The molecule has 0 N–H and O–H groups in total. The standard InChI is InChI=1S/C21H18F5N4O/c1-12(2)8-27-9-13-3-5-15(22)20(19(13)23)30-11-29-17(7-18(30)31)16-6-4-14(10-28-16)21(24,25)26/h3-7,10-12H,8-9H2,1-2H3/q-1. The van der Waals surface area contributed by atoms with Crippen molar-refractivity contribution in [2.24, 2.45) is 5.92 Å². The van der Waals surface area contributed by atoms with E-state index in [1.165, 1.54) is 6.07 Å². The lowest BCUT2D eigenvalue weighted by Gasteiger charge is -2.22. The van der Waals surface area contributed by atoms with Crippen LogP contribution in [0.1, 0.15) is 25.0 Å². The van der Waals surface area contributed by atoms with Crippen LogP contribution in [0.25, 0.3) is 22.4 Å². The molecule has 31 heavy (non-hydrogen) atoms. The molecule has 3 aromatic rings. The fraction of sp³-hybridized carbons (Fsp3) is 0.286. The van der Waals surface area contributed by atoms with Gasteiger partial charge in [-0.2, -0.15) is 13.2 Å². The van der Waals surface area contributed by atoms with Crippen molar-refractivity contribution in [3.8, 4) is 17.1 Å². The maximum absolute atomic E-state index is 14.9. The van der Waals surface area contributed by atoms with Crippen molar-refractivity contribution < 1.29 is 22.0 Å². The van der Waals surface area contributed by atoms with Crippen molar-refractivity contribution in [1.29, 1.82) is 0 Å². The molecule has 0 saturated carbocycles. The fourth-order valence-corrected chi connectivity index (χ4v) is 2.79. The Morgan fingerprint density at radius 2 is 1.81 bits per heavy atom. The first-order valence-corrected chi connectivity index (χ1v) is 9.30. The summed E-state index contributed by atoms with van der Waals surface area (Å²) in [5, 5.41) is 4.21. The lowest BCUT2D eigenvalue weighted by Crippen LogP contribution is -2.21. The number of hydrogen-bond donors (Lipinski definition) is 0. The number of halogens is 5. The zero-order chi connectivity index (χ0) is 22.8. The fourth-order valence-electron chi connectivity index (χ4n) is 2.79. The SMILES string of the molecule is CC(C)C[N-]Cc1ccc(F)c(-n2cnc(-c3ccc(C(F)(F)F)cn3)cc2=O)c1F. The van der Waals surface area contributed by atoms with Crippen LogP contribution in [0.4, 0.5) is 22.0 Å². The lowest BCUT2D eigenvalue weighted by molar-refractivity contribution is -0.137. The number of benzene rings is 1. The molecule has 2 aromatic heterocycles. The number of nitrogens with zero attached hydrogens (tertiary/aromatic N) is 4. The van der Waals surface area contributed by atoms with E-state index in [1.807, 2.05) is 13.8 Å². The average molecular weight is 437 g/mol. The highest BCUT2D eigenvalue weighted by Gasteiger charge is 2.30. The Labute approximate surface area is 174 Å². The number of alkyl halides is 3. The van der Waals surface area contributed by atoms with E-state index in [1.54, 1.807) is 0 Å². The van der Waals surface area contributed by atoms with Gasteiger partial charge in [-0.25, -0.2) is 13.8 Å². The predicted molar refractivity (Wildman–Crippen MR) is 105 cm³/mol. The molecule has 3 rings (SSSR count). The van der Waals surface area contributed by atoms with Crippen LogP contribution in [-0.4, -0.2) is 21.1 Å². The minimum absolute atomic E-state index is 0.0134. The van der Waals surface area contributed by atoms with Crippen LogP contribution < -0.4 is 5.56 Å². The van der Waals surface area contributed by atoms with Crippen molar-refractivity contribution in [3.05, 3.63) is 81.3 Å². The van der Waals surface area contributed by atoms with E-state index in [2.05, 4.69) is 15.3 Å². The van der Waals surface area contributed by atoms with Gasteiger partial charge in [0.05, 0.1) is 17.0 Å². The molecule has 0 aliphatic rings. The first kappa shape index (κ1) is 22.5. The Kier molecular flexibility index (Phi) is 6.49. The molecule has 0 spiro atoms. The van der Waals surface area contributed by atoms with Crippen molar-refractivity contribution in [2.45, 2.75) is 26.6 Å². The van der Waals surface area contributed by atoms with Gasteiger partial charge >= 0.3 is 6.18 Å². The van der Waals surface area contributed by atoms with Crippen molar-refractivity contribution in [2.75, 3.05) is 6.54 Å². The van der Waals surface area contributed by atoms with Gasteiger partial charge in [-0.1, -0.05) is 25.8 Å². The summed E-state index contributed by atoms with van der Waals surface area (Å²) in [5.74, 6) is -1.62. The number of aromatic nitrogens is 3. The monoisotopic (exact) mass is 437 g/mol. The Hall–Kier alpha value is -3.14. The summed E-state index contributed by atoms with van der Waals surface area (Å²) in [6, 6.07) is 5.11. The molecule has 164 valence electrons. The van der Waals surface area contributed by atoms with Gasteiger partial charge in [0.15, 0.2) is 5.82 Å². The van der Waals surface area contributed by atoms with E-state index in [0.29, 0.717) is 17.3 Å².